The first kappa shape index (κ1) is 22.9. The number of ether oxygens (including phenoxy) is 3. The fourth-order valence-electron chi connectivity index (χ4n) is 6.03. The van der Waals surface area contributed by atoms with Gasteiger partial charge in [-0.1, -0.05) is 62.2 Å². The minimum absolute atomic E-state index is 0.0605. The van der Waals surface area contributed by atoms with Gasteiger partial charge in [0, 0.05) is 41.2 Å². The highest BCUT2D eigenvalue weighted by molar-refractivity contribution is 6.13. The first-order valence-corrected chi connectivity index (χ1v) is 13.3. The highest BCUT2D eigenvalue weighted by Crippen LogP contribution is 2.57. The molecule has 1 unspecified atom stereocenters. The lowest BCUT2D eigenvalue weighted by Crippen LogP contribution is -2.43. The molecule has 0 saturated heterocycles. The lowest BCUT2D eigenvalue weighted by atomic mass is 9.74. The maximum absolute atomic E-state index is 14.4. The lowest BCUT2D eigenvalue weighted by molar-refractivity contribution is -0.122. The number of hydrogen-bond donors (Lipinski definition) is 0. The molecule has 1 spiro atoms. The molecule has 1 amide bonds. The SMILES string of the molecule is CCCCCN1C(=O)C2(COc3cc4c(cc32)OCO4)c2c(-c3cnn(Cc4ccccc4)c3)cccc21. The van der Waals surface area contributed by atoms with Gasteiger partial charge in [0.15, 0.2) is 11.5 Å². The quantitative estimate of drug-likeness (QED) is 0.307. The molecule has 0 radical (unpaired) electrons. The number of benzene rings is 3. The molecule has 7 nitrogen and oxygen atoms in total. The Hall–Kier alpha value is -4.26. The van der Waals surface area contributed by atoms with E-state index in [0.29, 0.717) is 30.3 Å². The zero-order chi connectivity index (χ0) is 25.7. The number of fused-ring (bicyclic) bond motifs is 5. The summed E-state index contributed by atoms with van der Waals surface area (Å²) in [4.78, 5) is 16.4. The van der Waals surface area contributed by atoms with Crippen LogP contribution in [0.25, 0.3) is 11.1 Å². The van der Waals surface area contributed by atoms with Crippen LogP contribution in [0.15, 0.2) is 73.1 Å². The number of aromatic nitrogens is 2. The van der Waals surface area contributed by atoms with Crippen molar-refractivity contribution in [2.75, 3.05) is 24.8 Å². The smallest absolute Gasteiger partial charge is 0.245 e. The molecule has 3 aliphatic heterocycles. The molecule has 7 rings (SSSR count). The largest absolute Gasteiger partial charge is 0.491 e. The summed E-state index contributed by atoms with van der Waals surface area (Å²) < 4.78 is 19.5. The Labute approximate surface area is 221 Å². The zero-order valence-electron chi connectivity index (χ0n) is 21.4. The second-order valence-electron chi connectivity index (χ2n) is 10.2. The molecule has 7 heteroatoms. The van der Waals surface area contributed by atoms with Crippen LogP contribution in [0.2, 0.25) is 0 Å². The van der Waals surface area contributed by atoms with Gasteiger partial charge in [-0.15, -0.1) is 0 Å². The van der Waals surface area contributed by atoms with Gasteiger partial charge >= 0.3 is 0 Å². The van der Waals surface area contributed by atoms with Gasteiger partial charge in [0.25, 0.3) is 0 Å². The van der Waals surface area contributed by atoms with Gasteiger partial charge in [-0.25, -0.2) is 0 Å². The van der Waals surface area contributed by atoms with E-state index in [-0.39, 0.29) is 19.3 Å². The van der Waals surface area contributed by atoms with E-state index in [9.17, 15) is 4.79 Å². The number of carbonyl (C=O) groups excluding carboxylic acids is 1. The summed E-state index contributed by atoms with van der Waals surface area (Å²) in [5.41, 5.74) is 5.00. The number of rotatable bonds is 7. The van der Waals surface area contributed by atoms with Crippen molar-refractivity contribution in [1.82, 2.24) is 9.78 Å². The van der Waals surface area contributed by atoms with Gasteiger partial charge in [-0.05, 0) is 29.7 Å². The third-order valence-electron chi connectivity index (χ3n) is 7.87. The summed E-state index contributed by atoms with van der Waals surface area (Å²) in [7, 11) is 0. The summed E-state index contributed by atoms with van der Waals surface area (Å²) >= 11 is 0. The molecule has 3 aliphatic rings. The number of nitrogens with zero attached hydrogens (tertiary/aromatic N) is 3. The van der Waals surface area contributed by atoms with Gasteiger partial charge in [-0.3, -0.25) is 9.48 Å². The maximum atomic E-state index is 14.4. The van der Waals surface area contributed by atoms with Crippen molar-refractivity contribution in [3.05, 3.63) is 89.7 Å². The number of carbonyl (C=O) groups is 1. The van der Waals surface area contributed by atoms with Crippen molar-refractivity contribution in [3.63, 3.8) is 0 Å². The minimum atomic E-state index is -0.948. The second-order valence-corrected chi connectivity index (χ2v) is 10.2. The minimum Gasteiger partial charge on any atom is -0.491 e. The van der Waals surface area contributed by atoms with Gasteiger partial charge < -0.3 is 19.1 Å². The van der Waals surface area contributed by atoms with E-state index >= 15 is 0 Å². The standard InChI is InChI=1S/C31H29N3O4/c1-2-3-7-13-34-25-12-8-11-23(22-16-32-33(18-22)17-21-9-5-4-6-10-21)29(25)31(30(34)35)19-36-26-15-28-27(14-24(26)31)37-20-38-28/h4-6,8-12,14-16,18H,2-3,7,13,17,19-20H2,1H3. The Bertz CT molecular complexity index is 1530. The van der Waals surface area contributed by atoms with Crippen LogP contribution >= 0.6 is 0 Å². The van der Waals surface area contributed by atoms with Crippen molar-refractivity contribution < 1.29 is 19.0 Å². The van der Waals surface area contributed by atoms with E-state index in [4.69, 9.17) is 14.2 Å². The summed E-state index contributed by atoms with van der Waals surface area (Å²) in [5, 5.41) is 4.67. The van der Waals surface area contributed by atoms with Gasteiger partial charge in [0.05, 0.1) is 12.7 Å². The van der Waals surface area contributed by atoms with E-state index in [0.717, 1.165) is 47.2 Å². The second kappa shape index (κ2) is 8.94. The molecule has 1 atom stereocenters. The summed E-state index contributed by atoms with van der Waals surface area (Å²) in [6, 6.07) is 20.3. The molecule has 4 heterocycles. The van der Waals surface area contributed by atoms with Crippen molar-refractivity contribution in [2.45, 2.75) is 38.1 Å². The van der Waals surface area contributed by atoms with Crippen molar-refractivity contribution in [1.29, 1.82) is 0 Å². The van der Waals surface area contributed by atoms with Crippen molar-refractivity contribution in [3.8, 4) is 28.4 Å². The molecule has 0 bridgehead atoms. The zero-order valence-corrected chi connectivity index (χ0v) is 21.4. The van der Waals surface area contributed by atoms with Crippen LogP contribution in [0.3, 0.4) is 0 Å². The molecule has 3 aromatic carbocycles. The van der Waals surface area contributed by atoms with Crippen LogP contribution in [0.4, 0.5) is 5.69 Å². The number of unbranched alkanes of at least 4 members (excludes halogenated alkanes) is 2. The van der Waals surface area contributed by atoms with E-state index in [1.165, 1.54) is 5.56 Å². The maximum Gasteiger partial charge on any atom is 0.245 e. The molecule has 192 valence electrons. The number of anilines is 1. The van der Waals surface area contributed by atoms with E-state index in [2.05, 4.69) is 42.5 Å². The molecule has 4 aromatic rings. The van der Waals surface area contributed by atoms with Crippen LogP contribution in [0.1, 0.15) is 42.9 Å². The number of hydrogen-bond acceptors (Lipinski definition) is 5. The van der Waals surface area contributed by atoms with Gasteiger partial charge in [0.2, 0.25) is 12.7 Å². The van der Waals surface area contributed by atoms with Gasteiger partial charge in [-0.2, -0.15) is 5.10 Å². The summed E-state index contributed by atoms with van der Waals surface area (Å²) in [5.74, 6) is 2.05. The van der Waals surface area contributed by atoms with E-state index < -0.39 is 5.41 Å². The van der Waals surface area contributed by atoms with E-state index in [1.54, 1.807) is 0 Å². The fourth-order valence-corrected chi connectivity index (χ4v) is 6.03. The molecular formula is C31H29N3O4. The Morgan fingerprint density at radius 1 is 0.947 bits per heavy atom. The molecule has 0 fully saturated rings. The highest BCUT2D eigenvalue weighted by Gasteiger charge is 2.58. The normalized spacial score (nSPS) is 18.7. The topological polar surface area (TPSA) is 65.8 Å². The lowest BCUT2D eigenvalue weighted by Gasteiger charge is -2.24. The fraction of sp³-hybridized carbons (Fsp3) is 0.290. The molecule has 0 N–H and O–H groups in total. The van der Waals surface area contributed by atoms with Crippen LogP contribution in [-0.2, 0) is 16.8 Å². The Kier molecular flexibility index (Phi) is 5.39. The van der Waals surface area contributed by atoms with Crippen molar-refractivity contribution >= 4 is 11.6 Å². The first-order chi connectivity index (χ1) is 18.7. The Morgan fingerprint density at radius 3 is 2.63 bits per heavy atom. The number of amides is 1. The monoisotopic (exact) mass is 507 g/mol. The van der Waals surface area contributed by atoms with Crippen molar-refractivity contribution in [2.24, 2.45) is 0 Å². The summed E-state index contributed by atoms with van der Waals surface area (Å²) in [6.07, 6.45) is 7.08. The Morgan fingerprint density at radius 2 is 1.79 bits per heavy atom. The molecule has 38 heavy (non-hydrogen) atoms. The van der Waals surface area contributed by atoms with Crippen LogP contribution in [0.5, 0.6) is 17.2 Å². The molecule has 0 saturated carbocycles. The average molecular weight is 508 g/mol. The third-order valence-corrected chi connectivity index (χ3v) is 7.87. The third kappa shape index (κ3) is 3.41. The molecular weight excluding hydrogens is 478 g/mol. The highest BCUT2D eigenvalue weighted by atomic mass is 16.7. The van der Waals surface area contributed by atoms with Crippen LogP contribution in [-0.4, -0.2) is 35.6 Å². The first-order valence-electron chi connectivity index (χ1n) is 13.3. The molecule has 1 aromatic heterocycles. The Balaban J connectivity index is 1.36. The van der Waals surface area contributed by atoms with Gasteiger partial charge in [0.1, 0.15) is 17.8 Å². The predicted octanol–water partition coefficient (Wildman–Crippen LogP) is 5.54. The van der Waals surface area contributed by atoms with E-state index in [1.807, 2.05) is 52.2 Å². The van der Waals surface area contributed by atoms with Crippen LogP contribution < -0.4 is 19.1 Å². The predicted molar refractivity (Wildman–Crippen MR) is 144 cm³/mol. The summed E-state index contributed by atoms with van der Waals surface area (Å²) in [6.45, 7) is 3.95. The van der Waals surface area contributed by atoms with Crippen LogP contribution in [0, 0.1) is 0 Å². The average Bonchev–Trinajstić information content (AvgIpc) is 3.72. The molecule has 0 aliphatic carbocycles.